The van der Waals surface area contributed by atoms with Gasteiger partial charge in [0.15, 0.2) is 5.82 Å². The molecule has 7 nitrogen and oxygen atoms in total. The molecule has 8 heteroatoms. The Hall–Kier alpha value is -2.74. The SMILES string of the molecule is Cc1cc(C)n(-c2cc(NCCNC(=O)c3cccc(Br)c3)ncn2)n1. The fraction of sp³-hybridized carbons (Fsp3) is 0.222. The number of amides is 1. The molecule has 1 amide bonds. The van der Waals surface area contributed by atoms with Crippen LogP contribution in [-0.2, 0) is 0 Å². The lowest BCUT2D eigenvalue weighted by Gasteiger charge is -2.09. The van der Waals surface area contributed by atoms with Crippen molar-refractivity contribution in [3.8, 4) is 5.82 Å². The van der Waals surface area contributed by atoms with Crippen molar-refractivity contribution >= 4 is 27.7 Å². The van der Waals surface area contributed by atoms with Gasteiger partial charge in [0.25, 0.3) is 5.91 Å². The summed E-state index contributed by atoms with van der Waals surface area (Å²) in [6, 6.07) is 11.1. The minimum absolute atomic E-state index is 0.112. The average Bonchev–Trinajstić information content (AvgIpc) is 2.97. The van der Waals surface area contributed by atoms with Crippen LogP contribution in [0.3, 0.4) is 0 Å². The third kappa shape index (κ3) is 4.45. The van der Waals surface area contributed by atoms with Gasteiger partial charge in [-0.05, 0) is 38.1 Å². The lowest BCUT2D eigenvalue weighted by molar-refractivity contribution is 0.0955. The van der Waals surface area contributed by atoms with Gasteiger partial charge in [-0.1, -0.05) is 22.0 Å². The molecule has 0 unspecified atom stereocenters. The smallest absolute Gasteiger partial charge is 0.251 e. The van der Waals surface area contributed by atoms with Crippen LogP contribution in [0.5, 0.6) is 0 Å². The Balaban J connectivity index is 1.55. The number of hydrogen-bond donors (Lipinski definition) is 2. The van der Waals surface area contributed by atoms with E-state index in [4.69, 9.17) is 0 Å². The fourth-order valence-electron chi connectivity index (χ4n) is 2.52. The van der Waals surface area contributed by atoms with Crippen LogP contribution >= 0.6 is 15.9 Å². The molecular weight excluding hydrogens is 396 g/mol. The zero-order valence-electron chi connectivity index (χ0n) is 14.5. The van der Waals surface area contributed by atoms with Gasteiger partial charge in [-0.25, -0.2) is 14.6 Å². The maximum absolute atomic E-state index is 12.1. The van der Waals surface area contributed by atoms with E-state index in [1.807, 2.05) is 38.1 Å². The van der Waals surface area contributed by atoms with Crippen molar-refractivity contribution in [1.82, 2.24) is 25.1 Å². The van der Waals surface area contributed by atoms with E-state index in [1.165, 1.54) is 6.33 Å². The van der Waals surface area contributed by atoms with E-state index in [0.717, 1.165) is 15.9 Å². The number of rotatable bonds is 6. The molecule has 2 N–H and O–H groups in total. The Morgan fingerprint density at radius 2 is 2.00 bits per heavy atom. The van der Waals surface area contributed by atoms with Gasteiger partial charge < -0.3 is 10.6 Å². The van der Waals surface area contributed by atoms with Gasteiger partial charge >= 0.3 is 0 Å². The van der Waals surface area contributed by atoms with Crippen molar-refractivity contribution in [2.24, 2.45) is 0 Å². The molecule has 26 heavy (non-hydrogen) atoms. The first kappa shape index (κ1) is 18.1. The maximum atomic E-state index is 12.1. The average molecular weight is 415 g/mol. The molecule has 0 aliphatic rings. The molecule has 0 saturated heterocycles. The summed E-state index contributed by atoms with van der Waals surface area (Å²) in [7, 11) is 0. The molecule has 0 fully saturated rings. The Bertz CT molecular complexity index is 924. The molecule has 0 aliphatic carbocycles. The third-order valence-electron chi connectivity index (χ3n) is 3.68. The summed E-state index contributed by atoms with van der Waals surface area (Å²) in [5, 5.41) is 10.5. The summed E-state index contributed by atoms with van der Waals surface area (Å²) in [6.07, 6.45) is 1.49. The van der Waals surface area contributed by atoms with E-state index < -0.39 is 0 Å². The predicted octanol–water partition coefficient (Wildman–Crippen LogP) is 2.88. The van der Waals surface area contributed by atoms with Crippen LogP contribution in [0, 0.1) is 13.8 Å². The highest BCUT2D eigenvalue weighted by Crippen LogP contribution is 2.12. The quantitative estimate of drug-likeness (QED) is 0.605. The second-order valence-corrected chi connectivity index (χ2v) is 6.71. The first-order valence-corrected chi connectivity index (χ1v) is 8.95. The highest BCUT2D eigenvalue weighted by molar-refractivity contribution is 9.10. The first-order chi connectivity index (χ1) is 12.5. The molecule has 0 saturated carbocycles. The number of aromatic nitrogens is 4. The predicted molar refractivity (Wildman–Crippen MR) is 104 cm³/mol. The van der Waals surface area contributed by atoms with Gasteiger partial charge in [0.1, 0.15) is 12.1 Å². The molecule has 0 atom stereocenters. The third-order valence-corrected chi connectivity index (χ3v) is 4.18. The van der Waals surface area contributed by atoms with Crippen molar-refractivity contribution in [1.29, 1.82) is 0 Å². The first-order valence-electron chi connectivity index (χ1n) is 8.16. The molecule has 134 valence electrons. The van der Waals surface area contributed by atoms with Crippen LogP contribution in [0.4, 0.5) is 5.82 Å². The molecule has 0 bridgehead atoms. The van der Waals surface area contributed by atoms with Crippen LogP contribution in [0.2, 0.25) is 0 Å². The van der Waals surface area contributed by atoms with Gasteiger partial charge in [0.05, 0.1) is 5.69 Å². The summed E-state index contributed by atoms with van der Waals surface area (Å²) in [5.74, 6) is 1.27. The van der Waals surface area contributed by atoms with Gasteiger partial charge in [-0.3, -0.25) is 4.79 Å². The summed E-state index contributed by atoms with van der Waals surface area (Å²) < 4.78 is 2.65. The van der Waals surface area contributed by atoms with Crippen LogP contribution in [0.15, 0.2) is 47.2 Å². The number of benzene rings is 1. The molecule has 0 radical (unpaired) electrons. The highest BCUT2D eigenvalue weighted by atomic mass is 79.9. The van der Waals surface area contributed by atoms with Gasteiger partial charge in [-0.15, -0.1) is 0 Å². The topological polar surface area (TPSA) is 84.7 Å². The van der Waals surface area contributed by atoms with E-state index in [1.54, 1.807) is 16.8 Å². The van der Waals surface area contributed by atoms with Crippen molar-refractivity contribution in [2.45, 2.75) is 13.8 Å². The summed E-state index contributed by atoms with van der Waals surface area (Å²) >= 11 is 3.36. The summed E-state index contributed by atoms with van der Waals surface area (Å²) in [6.45, 7) is 4.95. The zero-order chi connectivity index (χ0) is 18.5. The van der Waals surface area contributed by atoms with E-state index in [2.05, 4.69) is 41.6 Å². The molecule has 0 aliphatic heterocycles. The van der Waals surface area contributed by atoms with E-state index in [-0.39, 0.29) is 5.91 Å². The number of hydrogen-bond acceptors (Lipinski definition) is 5. The zero-order valence-corrected chi connectivity index (χ0v) is 16.1. The molecule has 1 aromatic carbocycles. The number of carbonyl (C=O) groups is 1. The molecule has 2 aromatic heterocycles. The Morgan fingerprint density at radius 1 is 1.15 bits per heavy atom. The minimum atomic E-state index is -0.112. The molecule has 2 heterocycles. The fourth-order valence-corrected chi connectivity index (χ4v) is 2.92. The number of nitrogens with one attached hydrogen (secondary N) is 2. The monoisotopic (exact) mass is 414 g/mol. The van der Waals surface area contributed by atoms with Crippen LogP contribution in [-0.4, -0.2) is 38.7 Å². The number of halogens is 1. The van der Waals surface area contributed by atoms with Crippen LogP contribution in [0.25, 0.3) is 5.82 Å². The lowest BCUT2D eigenvalue weighted by atomic mass is 10.2. The van der Waals surface area contributed by atoms with Crippen molar-refractivity contribution in [2.75, 3.05) is 18.4 Å². The summed E-state index contributed by atoms with van der Waals surface area (Å²) in [4.78, 5) is 20.6. The molecule has 3 aromatic rings. The van der Waals surface area contributed by atoms with Crippen molar-refractivity contribution in [3.05, 3.63) is 64.1 Å². The van der Waals surface area contributed by atoms with Gasteiger partial charge in [-0.2, -0.15) is 5.10 Å². The minimum Gasteiger partial charge on any atom is -0.368 e. The normalized spacial score (nSPS) is 10.6. The Labute approximate surface area is 160 Å². The molecule has 3 rings (SSSR count). The number of anilines is 1. The Morgan fingerprint density at radius 3 is 2.73 bits per heavy atom. The van der Waals surface area contributed by atoms with Crippen molar-refractivity contribution in [3.63, 3.8) is 0 Å². The highest BCUT2D eigenvalue weighted by Gasteiger charge is 2.07. The van der Waals surface area contributed by atoms with Crippen LogP contribution in [0.1, 0.15) is 21.7 Å². The van der Waals surface area contributed by atoms with Crippen molar-refractivity contribution < 1.29 is 4.79 Å². The number of nitrogens with zero attached hydrogens (tertiary/aromatic N) is 4. The van der Waals surface area contributed by atoms with Gasteiger partial charge in [0.2, 0.25) is 0 Å². The van der Waals surface area contributed by atoms with E-state index >= 15 is 0 Å². The Kier molecular flexibility index (Phi) is 5.62. The number of carbonyl (C=O) groups excluding carboxylic acids is 1. The molecule has 0 spiro atoms. The lowest BCUT2D eigenvalue weighted by Crippen LogP contribution is -2.28. The largest absolute Gasteiger partial charge is 0.368 e. The molecular formula is C18H19BrN6O. The van der Waals surface area contributed by atoms with Gasteiger partial charge in [0, 0.05) is 34.9 Å². The van der Waals surface area contributed by atoms with Crippen LogP contribution < -0.4 is 10.6 Å². The second kappa shape index (κ2) is 8.09. The van der Waals surface area contributed by atoms with E-state index in [9.17, 15) is 4.79 Å². The summed E-state index contributed by atoms with van der Waals surface area (Å²) in [5.41, 5.74) is 2.56. The standard InChI is InChI=1S/C18H19BrN6O/c1-12-8-13(2)25(24-12)17-10-16(22-11-23-17)20-6-7-21-18(26)14-4-3-5-15(19)9-14/h3-5,8-11H,6-7H2,1-2H3,(H,21,26)(H,20,22,23). The maximum Gasteiger partial charge on any atom is 0.251 e. The number of aryl methyl sites for hydroxylation is 2. The second-order valence-electron chi connectivity index (χ2n) is 5.79. The van der Waals surface area contributed by atoms with E-state index in [0.29, 0.717) is 30.3 Å².